The van der Waals surface area contributed by atoms with Gasteiger partial charge < -0.3 is 10.6 Å². The van der Waals surface area contributed by atoms with Gasteiger partial charge in [0.15, 0.2) is 5.96 Å². The lowest BCUT2D eigenvalue weighted by Gasteiger charge is -2.10. The van der Waals surface area contributed by atoms with Gasteiger partial charge in [-0.2, -0.15) is 0 Å². The molecule has 0 amide bonds. The summed E-state index contributed by atoms with van der Waals surface area (Å²) in [5.41, 5.74) is 0. The molecule has 2 heterocycles. The standard InChI is InChI=1S/C13H16ClN3S2/c1-9-3-4-10(18-9)7-16-13(15-2)17-8-11-5-6-12(14)19-11/h3-6H,7-8H2,1-2H3,(H2,15,16,17). The zero-order valence-corrected chi connectivity index (χ0v) is 13.3. The maximum atomic E-state index is 5.90. The predicted molar refractivity (Wildman–Crippen MR) is 85.4 cm³/mol. The van der Waals surface area contributed by atoms with Crippen LogP contribution in [-0.2, 0) is 13.1 Å². The van der Waals surface area contributed by atoms with E-state index in [0.717, 1.165) is 23.4 Å². The van der Waals surface area contributed by atoms with Gasteiger partial charge in [0.05, 0.1) is 17.4 Å². The molecule has 2 rings (SSSR count). The van der Waals surface area contributed by atoms with Crippen LogP contribution in [-0.4, -0.2) is 13.0 Å². The highest BCUT2D eigenvalue weighted by Crippen LogP contribution is 2.21. The largest absolute Gasteiger partial charge is 0.352 e. The van der Waals surface area contributed by atoms with Gasteiger partial charge in [-0.3, -0.25) is 4.99 Å². The summed E-state index contributed by atoms with van der Waals surface area (Å²) < 4.78 is 0.814. The molecule has 0 radical (unpaired) electrons. The minimum absolute atomic E-state index is 0.737. The summed E-state index contributed by atoms with van der Waals surface area (Å²) in [7, 11) is 1.77. The van der Waals surface area contributed by atoms with Crippen molar-refractivity contribution >= 4 is 40.2 Å². The van der Waals surface area contributed by atoms with Crippen molar-refractivity contribution < 1.29 is 0 Å². The Balaban J connectivity index is 1.80. The van der Waals surface area contributed by atoms with Crippen LogP contribution in [0.3, 0.4) is 0 Å². The number of halogens is 1. The maximum absolute atomic E-state index is 5.90. The van der Waals surface area contributed by atoms with Crippen molar-refractivity contribution in [2.75, 3.05) is 7.05 Å². The molecule has 0 saturated heterocycles. The minimum Gasteiger partial charge on any atom is -0.352 e. The Morgan fingerprint density at radius 1 is 1.11 bits per heavy atom. The summed E-state index contributed by atoms with van der Waals surface area (Å²) >= 11 is 9.28. The molecule has 2 aromatic heterocycles. The highest BCUT2D eigenvalue weighted by molar-refractivity contribution is 7.16. The summed E-state index contributed by atoms with van der Waals surface area (Å²) in [4.78, 5) is 8.03. The third-order valence-corrected chi connectivity index (χ3v) is 4.74. The summed E-state index contributed by atoms with van der Waals surface area (Å²) in [6, 6.07) is 8.20. The maximum Gasteiger partial charge on any atom is 0.191 e. The summed E-state index contributed by atoms with van der Waals surface area (Å²) in [5.74, 6) is 0.801. The van der Waals surface area contributed by atoms with Crippen LogP contribution in [0.25, 0.3) is 0 Å². The monoisotopic (exact) mass is 313 g/mol. The highest BCUT2D eigenvalue weighted by Gasteiger charge is 2.02. The topological polar surface area (TPSA) is 36.4 Å². The number of aryl methyl sites for hydroxylation is 1. The second-order valence-electron chi connectivity index (χ2n) is 4.00. The van der Waals surface area contributed by atoms with Crippen molar-refractivity contribution in [3.8, 4) is 0 Å². The quantitative estimate of drug-likeness (QED) is 0.668. The highest BCUT2D eigenvalue weighted by atomic mass is 35.5. The summed E-state index contributed by atoms with van der Waals surface area (Å²) in [6.07, 6.45) is 0. The van der Waals surface area contributed by atoms with Crippen molar-refractivity contribution in [2.24, 2.45) is 4.99 Å². The van der Waals surface area contributed by atoms with Crippen molar-refractivity contribution in [1.82, 2.24) is 10.6 Å². The van der Waals surface area contributed by atoms with Gasteiger partial charge in [-0.1, -0.05) is 11.6 Å². The average Bonchev–Trinajstić information content (AvgIpc) is 2.99. The Morgan fingerprint density at radius 2 is 1.74 bits per heavy atom. The van der Waals surface area contributed by atoms with E-state index < -0.39 is 0 Å². The second-order valence-corrected chi connectivity index (χ2v) is 7.17. The third-order valence-electron chi connectivity index (χ3n) is 2.51. The first-order chi connectivity index (χ1) is 9.17. The third kappa shape index (κ3) is 4.53. The number of guanidine groups is 1. The zero-order chi connectivity index (χ0) is 13.7. The zero-order valence-electron chi connectivity index (χ0n) is 10.9. The molecule has 19 heavy (non-hydrogen) atoms. The van der Waals surface area contributed by atoms with Crippen LogP contribution in [0.5, 0.6) is 0 Å². The minimum atomic E-state index is 0.737. The lowest BCUT2D eigenvalue weighted by atomic mass is 10.4. The molecule has 0 saturated carbocycles. The van der Waals surface area contributed by atoms with Gasteiger partial charge in [0, 0.05) is 21.7 Å². The molecule has 0 aliphatic rings. The van der Waals surface area contributed by atoms with Gasteiger partial charge in [0.1, 0.15) is 0 Å². The lowest BCUT2D eigenvalue weighted by Crippen LogP contribution is -2.35. The van der Waals surface area contributed by atoms with Gasteiger partial charge in [-0.15, -0.1) is 22.7 Å². The van der Waals surface area contributed by atoms with E-state index in [-0.39, 0.29) is 0 Å². The van der Waals surface area contributed by atoms with Crippen LogP contribution in [0.1, 0.15) is 14.6 Å². The van der Waals surface area contributed by atoms with Crippen LogP contribution in [0.4, 0.5) is 0 Å². The molecule has 3 nitrogen and oxygen atoms in total. The van der Waals surface area contributed by atoms with E-state index >= 15 is 0 Å². The van der Waals surface area contributed by atoms with Crippen LogP contribution >= 0.6 is 34.3 Å². The second kappa shape index (κ2) is 6.93. The fourth-order valence-corrected chi connectivity index (χ4v) is 3.45. The molecular weight excluding hydrogens is 298 g/mol. The van der Waals surface area contributed by atoms with Crippen LogP contribution in [0.2, 0.25) is 4.34 Å². The van der Waals surface area contributed by atoms with E-state index in [1.807, 2.05) is 12.1 Å². The normalized spacial score (nSPS) is 11.6. The Morgan fingerprint density at radius 3 is 2.21 bits per heavy atom. The van der Waals surface area contributed by atoms with Gasteiger partial charge in [0.2, 0.25) is 0 Å². The van der Waals surface area contributed by atoms with E-state index in [9.17, 15) is 0 Å². The molecule has 0 aliphatic carbocycles. The Hall–Kier alpha value is -1.04. The van der Waals surface area contributed by atoms with E-state index in [2.05, 4.69) is 34.7 Å². The molecule has 2 N–H and O–H groups in total. The molecule has 0 aromatic carbocycles. The molecule has 0 atom stereocenters. The molecule has 0 aliphatic heterocycles. The van der Waals surface area contributed by atoms with Crippen molar-refractivity contribution in [2.45, 2.75) is 20.0 Å². The first-order valence-corrected chi connectivity index (χ1v) is 7.92. The summed E-state index contributed by atoms with van der Waals surface area (Å²) in [5, 5.41) is 6.57. The molecule has 0 bridgehead atoms. The number of hydrogen-bond donors (Lipinski definition) is 2. The van der Waals surface area contributed by atoms with Gasteiger partial charge in [0.25, 0.3) is 0 Å². The van der Waals surface area contributed by atoms with Gasteiger partial charge in [-0.05, 0) is 31.2 Å². The van der Waals surface area contributed by atoms with E-state index in [0.29, 0.717) is 0 Å². The van der Waals surface area contributed by atoms with Gasteiger partial charge >= 0.3 is 0 Å². The van der Waals surface area contributed by atoms with Gasteiger partial charge in [-0.25, -0.2) is 0 Å². The smallest absolute Gasteiger partial charge is 0.191 e. The first-order valence-electron chi connectivity index (χ1n) is 5.91. The summed E-state index contributed by atoms with van der Waals surface area (Å²) in [6.45, 7) is 3.64. The molecule has 2 aromatic rings. The molecule has 0 fully saturated rings. The predicted octanol–water partition coefficient (Wildman–Crippen LogP) is 3.64. The Labute approximate surface area is 126 Å². The lowest BCUT2D eigenvalue weighted by molar-refractivity contribution is 0.822. The number of aliphatic imine (C=N–C) groups is 1. The van der Waals surface area contributed by atoms with Crippen molar-refractivity contribution in [3.05, 3.63) is 43.2 Å². The Bertz CT molecular complexity index is 513. The first kappa shape index (κ1) is 14.4. The fourth-order valence-electron chi connectivity index (χ4n) is 1.59. The molecule has 102 valence electrons. The van der Waals surface area contributed by atoms with E-state index in [1.54, 1.807) is 29.7 Å². The van der Waals surface area contributed by atoms with Crippen LogP contribution in [0, 0.1) is 6.92 Å². The van der Waals surface area contributed by atoms with Crippen molar-refractivity contribution in [1.29, 1.82) is 0 Å². The van der Waals surface area contributed by atoms with E-state index in [4.69, 9.17) is 11.6 Å². The number of thiophene rings is 2. The SMILES string of the molecule is CN=C(NCc1ccc(C)s1)NCc1ccc(Cl)s1. The number of rotatable bonds is 4. The molecule has 0 spiro atoms. The average molecular weight is 314 g/mol. The molecular formula is C13H16ClN3S2. The van der Waals surface area contributed by atoms with E-state index in [1.165, 1.54) is 14.6 Å². The number of nitrogens with zero attached hydrogens (tertiary/aromatic N) is 1. The van der Waals surface area contributed by atoms with Crippen LogP contribution in [0.15, 0.2) is 29.3 Å². The molecule has 0 unspecified atom stereocenters. The Kier molecular flexibility index (Phi) is 5.24. The van der Waals surface area contributed by atoms with Crippen LogP contribution < -0.4 is 10.6 Å². The van der Waals surface area contributed by atoms with Crippen molar-refractivity contribution in [3.63, 3.8) is 0 Å². The fraction of sp³-hybridized carbons (Fsp3) is 0.308. The number of hydrogen-bond acceptors (Lipinski definition) is 3. The molecule has 6 heteroatoms. The number of nitrogens with one attached hydrogen (secondary N) is 2.